The van der Waals surface area contributed by atoms with Crippen molar-refractivity contribution in [1.29, 1.82) is 0 Å². The van der Waals surface area contributed by atoms with E-state index in [-0.39, 0.29) is 11.5 Å². The van der Waals surface area contributed by atoms with Gasteiger partial charge in [0.05, 0.1) is 17.0 Å². The Morgan fingerprint density at radius 2 is 2.15 bits per heavy atom. The predicted octanol–water partition coefficient (Wildman–Crippen LogP) is 3.18. The van der Waals surface area contributed by atoms with Crippen LogP contribution in [-0.2, 0) is 18.9 Å². The quantitative estimate of drug-likeness (QED) is 0.877. The summed E-state index contributed by atoms with van der Waals surface area (Å²) in [4.78, 5) is 6.19. The molecule has 20 heavy (non-hydrogen) atoms. The Morgan fingerprint density at radius 1 is 1.40 bits per heavy atom. The van der Waals surface area contributed by atoms with E-state index in [1.54, 1.807) is 11.3 Å². The third-order valence-electron chi connectivity index (χ3n) is 3.77. The first-order valence-electron chi connectivity index (χ1n) is 7.16. The highest BCUT2D eigenvalue weighted by molar-refractivity contribution is 7.15. The van der Waals surface area contributed by atoms with Gasteiger partial charge in [0.1, 0.15) is 5.01 Å². The first-order chi connectivity index (χ1) is 9.36. The molecule has 1 aliphatic rings. The van der Waals surface area contributed by atoms with Gasteiger partial charge in [0.2, 0.25) is 0 Å². The molecule has 0 aliphatic heterocycles. The van der Waals surface area contributed by atoms with Crippen molar-refractivity contribution in [3.8, 4) is 10.6 Å². The Balaban J connectivity index is 2.10. The van der Waals surface area contributed by atoms with Crippen molar-refractivity contribution in [2.75, 3.05) is 0 Å². The second kappa shape index (κ2) is 4.67. The average molecular weight is 290 g/mol. The average Bonchev–Trinajstić information content (AvgIpc) is 2.92. The summed E-state index contributed by atoms with van der Waals surface area (Å²) >= 11 is 1.79. The number of nitrogens with two attached hydrogens (primary N) is 1. The third-order valence-corrected chi connectivity index (χ3v) is 4.93. The SMILES string of the molecule is Cn1cc(-c2nc3c(s2)CCCC3N)c(C(C)(C)C)n1. The van der Waals surface area contributed by atoms with Gasteiger partial charge in [-0.05, 0) is 19.3 Å². The molecule has 4 nitrogen and oxygen atoms in total. The highest BCUT2D eigenvalue weighted by atomic mass is 32.1. The number of aryl methyl sites for hydroxylation is 2. The second-order valence-corrected chi connectivity index (χ2v) is 7.72. The minimum absolute atomic E-state index is 0.0187. The van der Waals surface area contributed by atoms with Crippen LogP contribution in [0.3, 0.4) is 0 Å². The van der Waals surface area contributed by atoms with Gasteiger partial charge in [0.15, 0.2) is 0 Å². The van der Waals surface area contributed by atoms with Crippen molar-refractivity contribution in [3.63, 3.8) is 0 Å². The maximum absolute atomic E-state index is 6.19. The van der Waals surface area contributed by atoms with Crippen LogP contribution in [-0.4, -0.2) is 14.8 Å². The number of nitrogens with zero attached hydrogens (tertiary/aromatic N) is 3. The molecule has 2 aromatic heterocycles. The number of rotatable bonds is 1. The van der Waals surface area contributed by atoms with E-state index in [1.807, 2.05) is 11.7 Å². The zero-order chi connectivity index (χ0) is 14.5. The third kappa shape index (κ3) is 2.29. The fraction of sp³-hybridized carbons (Fsp3) is 0.600. The Bertz CT molecular complexity index is 633. The van der Waals surface area contributed by atoms with Gasteiger partial charge in [0, 0.05) is 29.6 Å². The smallest absolute Gasteiger partial charge is 0.127 e. The molecule has 0 aromatic carbocycles. The zero-order valence-corrected chi connectivity index (χ0v) is 13.4. The first kappa shape index (κ1) is 13.8. The first-order valence-corrected chi connectivity index (χ1v) is 7.97. The van der Waals surface area contributed by atoms with Crippen LogP contribution in [0.15, 0.2) is 6.20 Å². The van der Waals surface area contributed by atoms with Crippen molar-refractivity contribution in [3.05, 3.63) is 22.5 Å². The Kier molecular flexibility index (Phi) is 3.21. The molecule has 5 heteroatoms. The molecule has 0 bridgehead atoms. The normalized spacial score (nSPS) is 19.1. The lowest BCUT2D eigenvalue weighted by Crippen LogP contribution is -2.16. The molecule has 2 N–H and O–H groups in total. The van der Waals surface area contributed by atoms with Gasteiger partial charge in [-0.25, -0.2) is 4.98 Å². The Morgan fingerprint density at radius 3 is 2.80 bits per heavy atom. The van der Waals surface area contributed by atoms with Crippen molar-refractivity contribution in [1.82, 2.24) is 14.8 Å². The molecule has 0 saturated carbocycles. The number of thiazole rings is 1. The molecule has 0 amide bonds. The van der Waals surface area contributed by atoms with Crippen LogP contribution in [0.1, 0.15) is 55.9 Å². The molecule has 0 fully saturated rings. The fourth-order valence-electron chi connectivity index (χ4n) is 2.77. The van der Waals surface area contributed by atoms with Gasteiger partial charge in [0.25, 0.3) is 0 Å². The van der Waals surface area contributed by atoms with Crippen LogP contribution in [0.25, 0.3) is 10.6 Å². The van der Waals surface area contributed by atoms with Crippen LogP contribution in [0.2, 0.25) is 0 Å². The lowest BCUT2D eigenvalue weighted by molar-refractivity contribution is 0.554. The largest absolute Gasteiger partial charge is 0.323 e. The van der Waals surface area contributed by atoms with Gasteiger partial charge in [-0.1, -0.05) is 20.8 Å². The molecule has 1 unspecified atom stereocenters. The highest BCUT2D eigenvalue weighted by Gasteiger charge is 2.27. The van der Waals surface area contributed by atoms with E-state index >= 15 is 0 Å². The van der Waals surface area contributed by atoms with Crippen LogP contribution < -0.4 is 5.73 Å². The van der Waals surface area contributed by atoms with Gasteiger partial charge >= 0.3 is 0 Å². The Labute approximate surface area is 124 Å². The summed E-state index contributed by atoms with van der Waals surface area (Å²) in [6, 6.07) is 0.110. The maximum Gasteiger partial charge on any atom is 0.127 e. The fourth-order valence-corrected chi connectivity index (χ4v) is 3.95. The summed E-state index contributed by atoms with van der Waals surface area (Å²) in [7, 11) is 1.97. The zero-order valence-electron chi connectivity index (χ0n) is 12.6. The molecule has 108 valence electrons. The summed E-state index contributed by atoms with van der Waals surface area (Å²) in [5.41, 5.74) is 9.59. The molecule has 0 saturated heterocycles. The van der Waals surface area contributed by atoms with Gasteiger partial charge in [-0.15, -0.1) is 11.3 Å². The van der Waals surface area contributed by atoms with E-state index in [0.717, 1.165) is 34.8 Å². The van der Waals surface area contributed by atoms with Crippen molar-refractivity contribution >= 4 is 11.3 Å². The Hall–Kier alpha value is -1.20. The van der Waals surface area contributed by atoms with Crippen molar-refractivity contribution in [2.45, 2.75) is 51.5 Å². The van der Waals surface area contributed by atoms with E-state index < -0.39 is 0 Å². The lowest BCUT2D eigenvalue weighted by Gasteiger charge is -2.16. The molecular weight excluding hydrogens is 268 g/mol. The van der Waals surface area contributed by atoms with Gasteiger partial charge < -0.3 is 5.73 Å². The molecule has 0 radical (unpaired) electrons. The minimum Gasteiger partial charge on any atom is -0.323 e. The molecule has 2 aromatic rings. The number of fused-ring (bicyclic) bond motifs is 1. The maximum atomic E-state index is 6.19. The van der Waals surface area contributed by atoms with E-state index in [4.69, 9.17) is 10.7 Å². The number of aromatic nitrogens is 3. The second-order valence-electron chi connectivity index (χ2n) is 6.64. The summed E-state index contributed by atoms with van der Waals surface area (Å²) < 4.78 is 1.89. The van der Waals surface area contributed by atoms with Crippen molar-refractivity contribution < 1.29 is 0 Å². The summed E-state index contributed by atoms with van der Waals surface area (Å²) in [5, 5.41) is 5.71. The summed E-state index contributed by atoms with van der Waals surface area (Å²) in [6.07, 6.45) is 5.42. The molecular formula is C15H22N4S. The summed E-state index contributed by atoms with van der Waals surface area (Å²) in [6.45, 7) is 6.58. The van der Waals surface area contributed by atoms with Crippen LogP contribution in [0.4, 0.5) is 0 Å². The van der Waals surface area contributed by atoms with Crippen LogP contribution in [0.5, 0.6) is 0 Å². The van der Waals surface area contributed by atoms with Gasteiger partial charge in [-0.2, -0.15) is 5.10 Å². The van der Waals surface area contributed by atoms with Crippen molar-refractivity contribution in [2.24, 2.45) is 12.8 Å². The number of hydrogen-bond donors (Lipinski definition) is 1. The monoisotopic (exact) mass is 290 g/mol. The molecule has 2 heterocycles. The van der Waals surface area contributed by atoms with E-state index in [1.165, 1.54) is 11.3 Å². The molecule has 0 spiro atoms. The highest BCUT2D eigenvalue weighted by Crippen LogP contribution is 2.39. The van der Waals surface area contributed by atoms with Crippen LogP contribution >= 0.6 is 11.3 Å². The van der Waals surface area contributed by atoms with E-state index in [2.05, 4.69) is 32.1 Å². The molecule has 1 atom stereocenters. The molecule has 3 rings (SSSR count). The van der Waals surface area contributed by atoms with Gasteiger partial charge in [-0.3, -0.25) is 4.68 Å². The molecule has 1 aliphatic carbocycles. The minimum atomic E-state index is 0.0187. The predicted molar refractivity (Wildman–Crippen MR) is 82.9 cm³/mol. The lowest BCUT2D eigenvalue weighted by atomic mass is 9.90. The van der Waals surface area contributed by atoms with E-state index in [9.17, 15) is 0 Å². The number of hydrogen-bond acceptors (Lipinski definition) is 4. The summed E-state index contributed by atoms with van der Waals surface area (Å²) in [5.74, 6) is 0. The topological polar surface area (TPSA) is 56.7 Å². The van der Waals surface area contributed by atoms with E-state index in [0.29, 0.717) is 0 Å². The standard InChI is InChI=1S/C15H22N4S/c1-15(2,3)13-9(8-19(4)18-13)14-17-12-10(16)6-5-7-11(12)20-14/h8,10H,5-7,16H2,1-4H3. The van der Waals surface area contributed by atoms with Crippen LogP contribution in [0, 0.1) is 0 Å².